The molecule has 0 radical (unpaired) electrons. The van der Waals surface area contributed by atoms with Crippen LogP contribution in [0.25, 0.3) is 22.2 Å². The molecule has 1 saturated carbocycles. The number of rotatable bonds is 4. The van der Waals surface area contributed by atoms with Gasteiger partial charge in [0.05, 0.1) is 18.6 Å². The molecule has 1 aliphatic carbocycles. The van der Waals surface area contributed by atoms with E-state index < -0.39 is 0 Å². The van der Waals surface area contributed by atoms with Crippen LogP contribution in [0.15, 0.2) is 30.7 Å². The van der Waals surface area contributed by atoms with Crippen LogP contribution in [-0.4, -0.2) is 70.7 Å². The minimum atomic E-state index is -0.123. The smallest absolute Gasteiger partial charge is 0.251 e. The van der Waals surface area contributed by atoms with Gasteiger partial charge in [0, 0.05) is 54.5 Å². The molecule has 3 aromatic rings. The number of carbonyl (C=O) groups excluding carboxylic acids is 1. The fourth-order valence-electron chi connectivity index (χ4n) is 5.98. The van der Waals surface area contributed by atoms with Gasteiger partial charge in [-0.2, -0.15) is 0 Å². The quantitative estimate of drug-likeness (QED) is 0.534. The predicted octanol–water partition coefficient (Wildman–Crippen LogP) is 3.70. The van der Waals surface area contributed by atoms with Crippen LogP contribution in [0.1, 0.15) is 55.5 Å². The summed E-state index contributed by atoms with van der Waals surface area (Å²) in [5, 5.41) is 7.77. The second-order valence-corrected chi connectivity index (χ2v) is 10.8. The molecule has 2 aromatic heterocycles. The molecule has 2 aliphatic heterocycles. The molecule has 0 unspecified atom stereocenters. The van der Waals surface area contributed by atoms with Crippen LogP contribution in [0, 0.1) is 0 Å². The standard InChI is InChI=1S/C27H34N6O2/c1-27(2)15-29-26(34)20-8-3-17(13-22(20)27)21-14-28-24-23(21)25(31-16-30-24)32-18-4-6-19(7-5-18)33-9-11-35-12-10-33/h3,8,13-14,16,18-19H,4-7,9-12,15H2,1-2H3,(H,29,34)(H2,28,30,31,32)/t18-,19-. The summed E-state index contributed by atoms with van der Waals surface area (Å²) in [4.78, 5) is 27.5. The van der Waals surface area contributed by atoms with Gasteiger partial charge in [0.25, 0.3) is 5.91 Å². The van der Waals surface area contributed by atoms with Gasteiger partial charge < -0.3 is 20.4 Å². The number of ether oxygens (including phenoxy) is 1. The predicted molar refractivity (Wildman–Crippen MR) is 137 cm³/mol. The first-order valence-corrected chi connectivity index (χ1v) is 12.8. The van der Waals surface area contributed by atoms with Crippen molar-refractivity contribution in [3.05, 3.63) is 41.9 Å². The van der Waals surface area contributed by atoms with Crippen LogP contribution in [0.4, 0.5) is 5.82 Å². The maximum atomic E-state index is 12.4. The van der Waals surface area contributed by atoms with Crippen molar-refractivity contribution in [1.82, 2.24) is 25.2 Å². The largest absolute Gasteiger partial charge is 0.379 e. The molecule has 1 aromatic carbocycles. The van der Waals surface area contributed by atoms with E-state index in [0.29, 0.717) is 18.6 Å². The SMILES string of the molecule is CC1(C)CNC(=O)c2ccc(-c3c[nH]c4ncnc(N[C@H]5CC[C@H](N6CCOCC6)CC5)c34)cc21. The molecule has 1 saturated heterocycles. The lowest BCUT2D eigenvalue weighted by atomic mass is 9.78. The van der Waals surface area contributed by atoms with Crippen LogP contribution < -0.4 is 10.6 Å². The highest BCUT2D eigenvalue weighted by Gasteiger charge is 2.32. The second kappa shape index (κ2) is 8.91. The lowest BCUT2D eigenvalue weighted by Crippen LogP contribution is -2.46. The molecule has 0 bridgehead atoms. The highest BCUT2D eigenvalue weighted by Crippen LogP contribution is 2.37. The van der Waals surface area contributed by atoms with Gasteiger partial charge in [-0.1, -0.05) is 19.9 Å². The fraction of sp³-hybridized carbons (Fsp3) is 0.519. The zero-order valence-corrected chi connectivity index (χ0v) is 20.6. The fourth-order valence-corrected chi connectivity index (χ4v) is 5.98. The van der Waals surface area contributed by atoms with Crippen molar-refractivity contribution < 1.29 is 9.53 Å². The molecule has 2 fully saturated rings. The summed E-state index contributed by atoms with van der Waals surface area (Å²) >= 11 is 0. The van der Waals surface area contributed by atoms with Crippen molar-refractivity contribution in [3.63, 3.8) is 0 Å². The van der Waals surface area contributed by atoms with Crippen LogP contribution in [0.5, 0.6) is 0 Å². The van der Waals surface area contributed by atoms with E-state index in [-0.39, 0.29) is 11.3 Å². The van der Waals surface area contributed by atoms with E-state index in [9.17, 15) is 4.79 Å². The van der Waals surface area contributed by atoms with E-state index in [1.165, 1.54) is 12.8 Å². The first-order valence-electron chi connectivity index (χ1n) is 12.8. The van der Waals surface area contributed by atoms with E-state index in [0.717, 1.165) is 78.2 Å². The average Bonchev–Trinajstić information content (AvgIpc) is 3.33. The highest BCUT2D eigenvalue weighted by atomic mass is 16.5. The van der Waals surface area contributed by atoms with E-state index in [1.807, 2.05) is 18.3 Å². The van der Waals surface area contributed by atoms with E-state index in [1.54, 1.807) is 6.33 Å². The van der Waals surface area contributed by atoms with Crippen LogP contribution in [0.2, 0.25) is 0 Å². The Morgan fingerprint density at radius 3 is 2.69 bits per heavy atom. The highest BCUT2D eigenvalue weighted by molar-refractivity contribution is 6.02. The molecule has 8 nitrogen and oxygen atoms in total. The maximum absolute atomic E-state index is 12.4. The number of carbonyl (C=O) groups is 1. The first-order chi connectivity index (χ1) is 17.0. The number of amides is 1. The normalized spacial score (nSPS) is 24.7. The molecule has 0 atom stereocenters. The van der Waals surface area contributed by atoms with Crippen molar-refractivity contribution in [1.29, 1.82) is 0 Å². The molecule has 1 amide bonds. The number of aromatic amines is 1. The topological polar surface area (TPSA) is 95.2 Å². The Bertz CT molecular complexity index is 1240. The minimum Gasteiger partial charge on any atom is -0.379 e. The molecule has 6 rings (SSSR count). The summed E-state index contributed by atoms with van der Waals surface area (Å²) in [6.45, 7) is 8.82. The van der Waals surface area contributed by atoms with Gasteiger partial charge >= 0.3 is 0 Å². The van der Waals surface area contributed by atoms with Gasteiger partial charge in [0.15, 0.2) is 0 Å². The number of aromatic nitrogens is 3. The van der Waals surface area contributed by atoms with Crippen molar-refractivity contribution in [2.75, 3.05) is 38.2 Å². The number of nitrogens with one attached hydrogen (secondary N) is 3. The van der Waals surface area contributed by atoms with Crippen molar-refractivity contribution in [2.24, 2.45) is 0 Å². The lowest BCUT2D eigenvalue weighted by molar-refractivity contribution is 0.00791. The van der Waals surface area contributed by atoms with Gasteiger partial charge in [0.1, 0.15) is 17.8 Å². The van der Waals surface area contributed by atoms with Crippen molar-refractivity contribution in [3.8, 4) is 11.1 Å². The third-order valence-corrected chi connectivity index (χ3v) is 8.06. The molecule has 8 heteroatoms. The molecule has 4 heterocycles. The molecule has 0 spiro atoms. The number of fused-ring (bicyclic) bond motifs is 2. The lowest BCUT2D eigenvalue weighted by Gasteiger charge is -2.39. The first kappa shape index (κ1) is 22.5. The summed E-state index contributed by atoms with van der Waals surface area (Å²) in [5.41, 5.74) is 4.69. The number of hydrogen-bond acceptors (Lipinski definition) is 6. The Labute approximate surface area is 205 Å². The Balaban J connectivity index is 1.26. The third kappa shape index (κ3) is 4.19. The Morgan fingerprint density at radius 2 is 1.89 bits per heavy atom. The van der Waals surface area contributed by atoms with Crippen LogP contribution >= 0.6 is 0 Å². The van der Waals surface area contributed by atoms with Crippen molar-refractivity contribution >= 4 is 22.8 Å². The van der Waals surface area contributed by atoms with Gasteiger partial charge in [-0.25, -0.2) is 9.97 Å². The van der Waals surface area contributed by atoms with E-state index >= 15 is 0 Å². The number of hydrogen-bond donors (Lipinski definition) is 3. The zero-order chi connectivity index (χ0) is 24.0. The van der Waals surface area contributed by atoms with Gasteiger partial charge in [-0.3, -0.25) is 9.69 Å². The molecular weight excluding hydrogens is 440 g/mol. The van der Waals surface area contributed by atoms with E-state index in [4.69, 9.17) is 4.74 Å². The second-order valence-electron chi connectivity index (χ2n) is 10.8. The monoisotopic (exact) mass is 474 g/mol. The molecule has 3 aliphatic rings. The number of morpholine rings is 1. The number of anilines is 1. The maximum Gasteiger partial charge on any atom is 0.251 e. The van der Waals surface area contributed by atoms with E-state index in [2.05, 4.69) is 50.4 Å². The zero-order valence-electron chi connectivity index (χ0n) is 20.6. The molecule has 184 valence electrons. The Morgan fingerprint density at radius 1 is 1.09 bits per heavy atom. The molecule has 35 heavy (non-hydrogen) atoms. The summed E-state index contributed by atoms with van der Waals surface area (Å²) in [5.74, 6) is 0.888. The molecule has 3 N–H and O–H groups in total. The van der Waals surface area contributed by atoms with Crippen LogP contribution in [0.3, 0.4) is 0 Å². The third-order valence-electron chi connectivity index (χ3n) is 8.06. The summed E-state index contributed by atoms with van der Waals surface area (Å²) < 4.78 is 5.53. The Hall–Kier alpha value is -2.97. The summed E-state index contributed by atoms with van der Waals surface area (Å²) in [6.07, 6.45) is 8.31. The number of benzene rings is 1. The summed E-state index contributed by atoms with van der Waals surface area (Å²) in [6, 6.07) is 7.22. The minimum absolute atomic E-state index is 0.00294. The molecular formula is C27H34N6O2. The Kier molecular flexibility index (Phi) is 5.73. The van der Waals surface area contributed by atoms with Gasteiger partial charge in [0.2, 0.25) is 0 Å². The summed E-state index contributed by atoms with van der Waals surface area (Å²) in [7, 11) is 0. The van der Waals surface area contributed by atoms with Crippen LogP contribution in [-0.2, 0) is 10.2 Å². The van der Waals surface area contributed by atoms with Gasteiger partial charge in [-0.05, 0) is 48.9 Å². The average molecular weight is 475 g/mol. The number of nitrogens with zero attached hydrogens (tertiary/aromatic N) is 3. The van der Waals surface area contributed by atoms with Gasteiger partial charge in [-0.15, -0.1) is 0 Å². The number of H-pyrrole nitrogens is 1. The van der Waals surface area contributed by atoms with Crippen molar-refractivity contribution in [2.45, 2.75) is 57.0 Å².